The van der Waals surface area contributed by atoms with Gasteiger partial charge in [0.05, 0.1) is 11.3 Å². The van der Waals surface area contributed by atoms with Crippen LogP contribution in [-0.4, -0.2) is 50.4 Å². The summed E-state index contributed by atoms with van der Waals surface area (Å²) in [7, 11) is -3.81. The van der Waals surface area contributed by atoms with Gasteiger partial charge in [-0.25, -0.2) is 17.8 Å². The first-order valence-electron chi connectivity index (χ1n) is 9.70. The quantitative estimate of drug-likeness (QED) is 0.612. The van der Waals surface area contributed by atoms with Crippen LogP contribution >= 0.6 is 11.3 Å². The number of carbonyl (C=O) groups is 1. The molecule has 4 rings (SSSR count). The summed E-state index contributed by atoms with van der Waals surface area (Å²) in [5, 5.41) is 2.92. The Hall–Kier alpha value is -2.98. The molecule has 1 aliphatic heterocycles. The number of sulfonamides is 1. The second-order valence-corrected chi connectivity index (χ2v) is 9.67. The number of benzene rings is 2. The molecule has 2 heterocycles. The minimum Gasteiger partial charge on any atom is -0.345 e. The Morgan fingerprint density at radius 1 is 1.03 bits per heavy atom. The molecule has 0 atom stereocenters. The Bertz CT molecular complexity index is 1130. The zero-order valence-electron chi connectivity index (χ0n) is 16.6. The standard InChI is InChI=1S/C21H21FN4O3S2/c22-17-3-7-19(8-4-17)31(28,29)24-18-5-1-16(2-6-18)15-20(27)25-10-12-26(13-11-25)21-23-9-14-30-21/h1-9,14,24H,10-13,15H2. The molecule has 0 bridgehead atoms. The molecule has 1 saturated heterocycles. The average Bonchev–Trinajstić information content (AvgIpc) is 3.30. The van der Waals surface area contributed by atoms with Crippen LogP contribution in [0, 0.1) is 5.82 Å². The lowest BCUT2D eigenvalue weighted by Crippen LogP contribution is -2.49. The lowest BCUT2D eigenvalue weighted by atomic mass is 10.1. The highest BCUT2D eigenvalue weighted by Crippen LogP contribution is 2.20. The zero-order chi connectivity index (χ0) is 21.8. The number of thiazole rings is 1. The van der Waals surface area contributed by atoms with Crippen molar-refractivity contribution < 1.29 is 17.6 Å². The van der Waals surface area contributed by atoms with E-state index in [9.17, 15) is 17.6 Å². The van der Waals surface area contributed by atoms with Crippen LogP contribution in [0.25, 0.3) is 0 Å². The number of hydrogen-bond acceptors (Lipinski definition) is 6. The SMILES string of the molecule is O=C(Cc1ccc(NS(=O)(=O)c2ccc(F)cc2)cc1)N1CCN(c2nccs2)CC1. The van der Waals surface area contributed by atoms with Gasteiger partial charge >= 0.3 is 0 Å². The second-order valence-electron chi connectivity index (χ2n) is 7.12. The molecule has 0 spiro atoms. The highest BCUT2D eigenvalue weighted by atomic mass is 32.2. The Kier molecular flexibility index (Phi) is 6.19. The van der Waals surface area contributed by atoms with E-state index in [1.165, 1.54) is 12.1 Å². The molecule has 0 unspecified atom stereocenters. The third kappa shape index (κ3) is 5.20. The van der Waals surface area contributed by atoms with E-state index in [1.807, 2.05) is 10.3 Å². The molecule has 1 amide bonds. The van der Waals surface area contributed by atoms with E-state index in [0.717, 1.165) is 35.9 Å². The molecule has 162 valence electrons. The number of piperazine rings is 1. The molecule has 3 aromatic rings. The van der Waals surface area contributed by atoms with Crippen LogP contribution < -0.4 is 9.62 Å². The van der Waals surface area contributed by atoms with Gasteiger partial charge in [0.2, 0.25) is 5.91 Å². The molecular formula is C21H21FN4O3S2. The molecule has 1 N–H and O–H groups in total. The van der Waals surface area contributed by atoms with Gasteiger partial charge in [-0.15, -0.1) is 11.3 Å². The van der Waals surface area contributed by atoms with Crippen LogP contribution in [-0.2, 0) is 21.2 Å². The average molecular weight is 461 g/mol. The van der Waals surface area contributed by atoms with Gasteiger partial charge in [-0.05, 0) is 42.0 Å². The number of carbonyl (C=O) groups excluding carboxylic acids is 1. The summed E-state index contributed by atoms with van der Waals surface area (Å²) in [4.78, 5) is 20.9. The predicted molar refractivity (Wildman–Crippen MR) is 118 cm³/mol. The van der Waals surface area contributed by atoms with Gasteiger partial charge < -0.3 is 9.80 Å². The van der Waals surface area contributed by atoms with Crippen LogP contribution in [0.2, 0.25) is 0 Å². The molecule has 0 aliphatic carbocycles. The Labute approximate surface area is 184 Å². The van der Waals surface area contributed by atoms with Gasteiger partial charge in [0.15, 0.2) is 5.13 Å². The van der Waals surface area contributed by atoms with E-state index in [2.05, 4.69) is 14.6 Å². The highest BCUT2D eigenvalue weighted by Gasteiger charge is 2.22. The van der Waals surface area contributed by atoms with Crippen molar-refractivity contribution in [3.05, 3.63) is 71.5 Å². The second kappa shape index (κ2) is 9.03. The number of hydrogen-bond donors (Lipinski definition) is 1. The molecular weight excluding hydrogens is 439 g/mol. The third-order valence-electron chi connectivity index (χ3n) is 5.01. The normalized spacial score (nSPS) is 14.5. The van der Waals surface area contributed by atoms with Crippen molar-refractivity contribution in [2.75, 3.05) is 35.8 Å². The molecule has 7 nitrogen and oxygen atoms in total. The Morgan fingerprint density at radius 2 is 1.71 bits per heavy atom. The Balaban J connectivity index is 1.32. The minimum atomic E-state index is -3.81. The number of nitrogens with one attached hydrogen (secondary N) is 1. The maximum absolute atomic E-state index is 13.0. The topological polar surface area (TPSA) is 82.6 Å². The van der Waals surface area contributed by atoms with Crippen molar-refractivity contribution in [1.82, 2.24) is 9.88 Å². The van der Waals surface area contributed by atoms with Crippen molar-refractivity contribution in [2.24, 2.45) is 0 Å². The molecule has 2 aromatic carbocycles. The van der Waals surface area contributed by atoms with Gasteiger partial charge in [0.1, 0.15) is 5.82 Å². The number of nitrogens with zero attached hydrogens (tertiary/aromatic N) is 3. The molecule has 1 fully saturated rings. The first-order valence-corrected chi connectivity index (χ1v) is 12.1. The third-order valence-corrected chi connectivity index (χ3v) is 7.24. The summed E-state index contributed by atoms with van der Waals surface area (Å²) in [6.45, 7) is 2.80. The summed E-state index contributed by atoms with van der Waals surface area (Å²) < 4.78 is 40.3. The van der Waals surface area contributed by atoms with Crippen LogP contribution in [0.3, 0.4) is 0 Å². The van der Waals surface area contributed by atoms with Crippen molar-refractivity contribution in [3.63, 3.8) is 0 Å². The zero-order valence-corrected chi connectivity index (χ0v) is 18.2. The van der Waals surface area contributed by atoms with E-state index < -0.39 is 15.8 Å². The number of anilines is 2. The number of aromatic nitrogens is 1. The van der Waals surface area contributed by atoms with Crippen LogP contribution in [0.15, 0.2) is 65.0 Å². The van der Waals surface area contributed by atoms with E-state index >= 15 is 0 Å². The summed E-state index contributed by atoms with van der Waals surface area (Å²) in [6, 6.07) is 11.3. The fraction of sp³-hybridized carbons (Fsp3) is 0.238. The van der Waals surface area contributed by atoms with E-state index in [-0.39, 0.29) is 17.2 Å². The molecule has 0 saturated carbocycles. The lowest BCUT2D eigenvalue weighted by molar-refractivity contribution is -0.130. The maximum atomic E-state index is 13.0. The monoisotopic (exact) mass is 460 g/mol. The van der Waals surface area contributed by atoms with E-state index in [1.54, 1.807) is 41.8 Å². The summed E-state index contributed by atoms with van der Waals surface area (Å²) in [5.74, 6) is -0.462. The number of amides is 1. The van der Waals surface area contributed by atoms with Gasteiger partial charge in [0.25, 0.3) is 10.0 Å². The molecule has 10 heteroatoms. The van der Waals surface area contributed by atoms with Crippen LogP contribution in [0.4, 0.5) is 15.2 Å². The van der Waals surface area contributed by atoms with E-state index in [0.29, 0.717) is 18.8 Å². The smallest absolute Gasteiger partial charge is 0.261 e. The summed E-state index contributed by atoms with van der Waals surface area (Å²) in [5.41, 5.74) is 1.18. The molecule has 1 aliphatic rings. The van der Waals surface area contributed by atoms with Crippen LogP contribution in [0.5, 0.6) is 0 Å². The Morgan fingerprint density at radius 3 is 2.32 bits per heavy atom. The summed E-state index contributed by atoms with van der Waals surface area (Å²) in [6.07, 6.45) is 2.03. The number of rotatable bonds is 6. The van der Waals surface area contributed by atoms with Gasteiger partial charge in [0, 0.05) is 43.4 Å². The summed E-state index contributed by atoms with van der Waals surface area (Å²) >= 11 is 1.59. The lowest BCUT2D eigenvalue weighted by Gasteiger charge is -2.34. The first kappa shape index (κ1) is 21.3. The van der Waals surface area contributed by atoms with Crippen molar-refractivity contribution >= 4 is 38.1 Å². The van der Waals surface area contributed by atoms with E-state index in [4.69, 9.17) is 0 Å². The molecule has 0 radical (unpaired) electrons. The van der Waals surface area contributed by atoms with Crippen molar-refractivity contribution in [1.29, 1.82) is 0 Å². The minimum absolute atomic E-state index is 0.0231. The molecule has 1 aromatic heterocycles. The van der Waals surface area contributed by atoms with Crippen LogP contribution in [0.1, 0.15) is 5.56 Å². The van der Waals surface area contributed by atoms with Gasteiger partial charge in [-0.3, -0.25) is 9.52 Å². The van der Waals surface area contributed by atoms with Gasteiger partial charge in [-0.1, -0.05) is 12.1 Å². The predicted octanol–water partition coefficient (Wildman–Crippen LogP) is 2.97. The maximum Gasteiger partial charge on any atom is 0.261 e. The fourth-order valence-corrected chi connectivity index (χ4v) is 5.08. The fourth-order valence-electron chi connectivity index (χ4n) is 3.32. The van der Waals surface area contributed by atoms with Crippen molar-refractivity contribution in [2.45, 2.75) is 11.3 Å². The first-order chi connectivity index (χ1) is 14.9. The molecule has 31 heavy (non-hydrogen) atoms. The number of halogens is 1. The largest absolute Gasteiger partial charge is 0.345 e. The van der Waals surface area contributed by atoms with Crippen molar-refractivity contribution in [3.8, 4) is 0 Å². The van der Waals surface area contributed by atoms with Gasteiger partial charge in [-0.2, -0.15) is 0 Å². The highest BCUT2D eigenvalue weighted by molar-refractivity contribution is 7.92.